The molecule has 2 atom stereocenters. The van der Waals surface area contributed by atoms with E-state index in [0.29, 0.717) is 5.41 Å². The van der Waals surface area contributed by atoms with Crippen LogP contribution < -0.4 is 0 Å². The van der Waals surface area contributed by atoms with E-state index in [1.54, 1.807) is 0 Å². The van der Waals surface area contributed by atoms with Crippen molar-refractivity contribution in [1.82, 2.24) is 0 Å². The van der Waals surface area contributed by atoms with Gasteiger partial charge in [-0.1, -0.05) is 26.2 Å². The van der Waals surface area contributed by atoms with Gasteiger partial charge < -0.3 is 4.74 Å². The molecule has 0 heterocycles. The highest BCUT2D eigenvalue weighted by atomic mass is 16.5. The van der Waals surface area contributed by atoms with Gasteiger partial charge in [-0.3, -0.25) is 0 Å². The van der Waals surface area contributed by atoms with Crippen LogP contribution in [0.2, 0.25) is 0 Å². The van der Waals surface area contributed by atoms with Crippen molar-refractivity contribution in [3.05, 3.63) is 0 Å². The molecule has 2 bridgehead atoms. The molecule has 2 rings (SSSR count). The van der Waals surface area contributed by atoms with Gasteiger partial charge in [0.2, 0.25) is 0 Å². The molecule has 0 aromatic rings. The average Bonchev–Trinajstić information content (AvgIpc) is 2.14. The molecule has 0 aliphatic heterocycles. The third-order valence-electron chi connectivity index (χ3n) is 4.11. The van der Waals surface area contributed by atoms with Gasteiger partial charge >= 0.3 is 0 Å². The Morgan fingerprint density at radius 1 is 1.21 bits per heavy atom. The van der Waals surface area contributed by atoms with Crippen LogP contribution in [0.5, 0.6) is 0 Å². The number of hydrogen-bond donors (Lipinski definition) is 0. The molecule has 2 aliphatic carbocycles. The summed E-state index contributed by atoms with van der Waals surface area (Å²) in [4.78, 5) is 0. The fourth-order valence-electron chi connectivity index (χ4n) is 3.72. The second kappa shape index (κ2) is 4.22. The van der Waals surface area contributed by atoms with Gasteiger partial charge in [-0.2, -0.15) is 0 Å². The summed E-state index contributed by atoms with van der Waals surface area (Å²) in [6, 6.07) is 0. The lowest BCUT2D eigenvalue weighted by molar-refractivity contribution is -0.0106. The molecule has 0 N–H and O–H groups in total. The molecular formula is C13H24O. The number of ether oxygens (including phenoxy) is 1. The Bertz CT molecular complexity index is 176. The molecule has 82 valence electrons. The van der Waals surface area contributed by atoms with Crippen LogP contribution in [0.4, 0.5) is 0 Å². The van der Waals surface area contributed by atoms with Crippen LogP contribution in [-0.4, -0.2) is 13.2 Å². The van der Waals surface area contributed by atoms with E-state index >= 15 is 0 Å². The first-order valence-electron chi connectivity index (χ1n) is 6.29. The van der Waals surface area contributed by atoms with Gasteiger partial charge in [-0.15, -0.1) is 0 Å². The van der Waals surface area contributed by atoms with E-state index in [1.165, 1.54) is 38.5 Å². The highest BCUT2D eigenvalue weighted by molar-refractivity contribution is 4.89. The minimum atomic E-state index is 0.504. The molecular weight excluding hydrogens is 172 g/mol. The fraction of sp³-hybridized carbons (Fsp3) is 1.00. The van der Waals surface area contributed by atoms with E-state index in [0.717, 1.165) is 25.0 Å². The van der Waals surface area contributed by atoms with E-state index < -0.39 is 0 Å². The summed E-state index contributed by atoms with van der Waals surface area (Å²) in [5.41, 5.74) is 0.504. The molecule has 0 spiro atoms. The third-order valence-corrected chi connectivity index (χ3v) is 4.11. The van der Waals surface area contributed by atoms with Crippen LogP contribution in [0.1, 0.15) is 52.4 Å². The fourth-order valence-corrected chi connectivity index (χ4v) is 3.72. The first-order chi connectivity index (χ1) is 6.72. The molecule has 0 saturated heterocycles. The largest absolute Gasteiger partial charge is 0.381 e. The van der Waals surface area contributed by atoms with Crippen LogP contribution in [0.15, 0.2) is 0 Å². The predicted molar refractivity (Wildman–Crippen MR) is 59.3 cm³/mol. The number of fused-ring (bicyclic) bond motifs is 2. The van der Waals surface area contributed by atoms with Gasteiger partial charge in [-0.05, 0) is 43.4 Å². The molecule has 2 fully saturated rings. The normalized spacial score (nSPS) is 42.4. The smallest absolute Gasteiger partial charge is 0.0519 e. The van der Waals surface area contributed by atoms with Crippen molar-refractivity contribution in [3.8, 4) is 0 Å². The maximum Gasteiger partial charge on any atom is 0.0519 e. The van der Waals surface area contributed by atoms with Crippen LogP contribution in [-0.2, 0) is 4.74 Å². The topological polar surface area (TPSA) is 9.23 Å². The summed E-state index contributed by atoms with van der Waals surface area (Å²) in [5, 5.41) is 0. The van der Waals surface area contributed by atoms with E-state index in [9.17, 15) is 0 Å². The lowest BCUT2D eigenvalue weighted by atomic mass is 9.62. The van der Waals surface area contributed by atoms with Crippen molar-refractivity contribution in [1.29, 1.82) is 0 Å². The van der Waals surface area contributed by atoms with Gasteiger partial charge in [-0.25, -0.2) is 0 Å². The van der Waals surface area contributed by atoms with Gasteiger partial charge in [0.05, 0.1) is 6.61 Å². The van der Waals surface area contributed by atoms with Gasteiger partial charge in [0.1, 0.15) is 0 Å². The van der Waals surface area contributed by atoms with Crippen LogP contribution in [0.25, 0.3) is 0 Å². The van der Waals surface area contributed by atoms with E-state index in [2.05, 4.69) is 13.8 Å². The predicted octanol–water partition coefficient (Wildman–Crippen LogP) is 3.63. The molecule has 0 radical (unpaired) electrons. The maximum atomic E-state index is 5.64. The second-order valence-corrected chi connectivity index (χ2v) is 5.75. The minimum absolute atomic E-state index is 0.504. The monoisotopic (exact) mass is 196 g/mol. The van der Waals surface area contributed by atoms with Crippen LogP contribution in [0.3, 0.4) is 0 Å². The first kappa shape index (κ1) is 10.5. The zero-order valence-corrected chi connectivity index (χ0v) is 9.72. The standard InChI is InChI=1S/C13H24O/c1-3-14-10-13(2)8-11-5-4-6-12(7-11)9-13/h11-12H,3-10H2,1-2H3. The molecule has 2 unspecified atom stereocenters. The van der Waals surface area contributed by atoms with Gasteiger partial charge in [0.15, 0.2) is 0 Å². The average molecular weight is 196 g/mol. The lowest BCUT2D eigenvalue weighted by Gasteiger charge is -2.45. The van der Waals surface area contributed by atoms with Crippen LogP contribution in [0, 0.1) is 17.3 Å². The van der Waals surface area contributed by atoms with E-state index in [4.69, 9.17) is 4.74 Å². The Morgan fingerprint density at radius 3 is 2.43 bits per heavy atom. The molecule has 1 nitrogen and oxygen atoms in total. The van der Waals surface area contributed by atoms with Crippen molar-refractivity contribution in [2.24, 2.45) is 17.3 Å². The number of hydrogen-bond acceptors (Lipinski definition) is 1. The van der Waals surface area contributed by atoms with E-state index in [-0.39, 0.29) is 0 Å². The van der Waals surface area contributed by atoms with Crippen molar-refractivity contribution < 1.29 is 4.74 Å². The Kier molecular flexibility index (Phi) is 3.16. The summed E-state index contributed by atoms with van der Waals surface area (Å²) in [6.45, 7) is 6.42. The summed E-state index contributed by atoms with van der Waals surface area (Å²) in [7, 11) is 0. The van der Waals surface area contributed by atoms with Gasteiger partial charge in [0.25, 0.3) is 0 Å². The molecule has 2 aliphatic rings. The molecule has 1 heteroatoms. The minimum Gasteiger partial charge on any atom is -0.381 e. The molecule has 0 amide bonds. The quantitative estimate of drug-likeness (QED) is 0.669. The molecule has 0 aromatic carbocycles. The number of rotatable bonds is 3. The molecule has 2 saturated carbocycles. The third kappa shape index (κ3) is 2.31. The highest BCUT2D eigenvalue weighted by Gasteiger charge is 2.38. The summed E-state index contributed by atoms with van der Waals surface area (Å²) in [5.74, 6) is 2.04. The Morgan fingerprint density at radius 2 is 1.86 bits per heavy atom. The van der Waals surface area contributed by atoms with Crippen molar-refractivity contribution in [2.75, 3.05) is 13.2 Å². The zero-order chi connectivity index (χ0) is 10.0. The Labute approximate surface area is 88.2 Å². The molecule has 14 heavy (non-hydrogen) atoms. The van der Waals surface area contributed by atoms with Crippen molar-refractivity contribution in [2.45, 2.75) is 52.4 Å². The summed E-state index contributed by atoms with van der Waals surface area (Å²) >= 11 is 0. The van der Waals surface area contributed by atoms with Crippen molar-refractivity contribution >= 4 is 0 Å². The first-order valence-corrected chi connectivity index (χ1v) is 6.29. The molecule has 0 aromatic heterocycles. The van der Waals surface area contributed by atoms with E-state index in [1.807, 2.05) is 0 Å². The summed E-state index contributed by atoms with van der Waals surface area (Å²) < 4.78 is 5.64. The van der Waals surface area contributed by atoms with Crippen LogP contribution >= 0.6 is 0 Å². The van der Waals surface area contributed by atoms with Crippen molar-refractivity contribution in [3.63, 3.8) is 0 Å². The van der Waals surface area contributed by atoms with Gasteiger partial charge in [0, 0.05) is 6.61 Å². The highest BCUT2D eigenvalue weighted by Crippen LogP contribution is 2.48. The Hall–Kier alpha value is -0.0400. The lowest BCUT2D eigenvalue weighted by Crippen LogP contribution is -2.36. The summed E-state index contributed by atoms with van der Waals surface area (Å²) in [6.07, 6.45) is 8.81. The SMILES string of the molecule is CCOCC1(C)CC2CCCC(C2)C1. The second-order valence-electron chi connectivity index (χ2n) is 5.75. The Balaban J connectivity index is 1.93. The maximum absolute atomic E-state index is 5.64. The zero-order valence-electron chi connectivity index (χ0n) is 9.72.